The van der Waals surface area contributed by atoms with E-state index in [1.165, 1.54) is 0 Å². The molecule has 0 aliphatic carbocycles. The van der Waals surface area contributed by atoms with Gasteiger partial charge in [0, 0.05) is 6.54 Å². The Labute approximate surface area is 110 Å². The Morgan fingerprint density at radius 1 is 1.41 bits per heavy atom. The van der Waals surface area contributed by atoms with E-state index < -0.39 is 0 Å². The number of hydrogen-bond donors (Lipinski definition) is 2. The largest absolute Gasteiger partial charge is 0.355 e. The molecule has 0 bridgehead atoms. The van der Waals surface area contributed by atoms with Crippen LogP contribution < -0.4 is 11.1 Å². The Hall–Kier alpha value is -0.260. The molecule has 0 unspecified atom stereocenters. The molecule has 0 rings (SSSR count). The molecule has 0 aromatic carbocycles. The van der Waals surface area contributed by atoms with Crippen LogP contribution in [0.2, 0.25) is 0 Å². The molecule has 17 heavy (non-hydrogen) atoms. The summed E-state index contributed by atoms with van der Waals surface area (Å²) in [5, 5.41) is 2.90. The predicted octanol–water partition coefficient (Wildman–Crippen LogP) is 0.915. The second-order valence-corrected chi connectivity index (χ2v) is 5.05. The first-order valence-electron chi connectivity index (χ1n) is 6.40. The van der Waals surface area contributed by atoms with Gasteiger partial charge in [-0.3, -0.25) is 4.79 Å². The van der Waals surface area contributed by atoms with E-state index in [-0.39, 0.29) is 11.9 Å². The summed E-state index contributed by atoms with van der Waals surface area (Å²) < 4.78 is 0. The Morgan fingerprint density at radius 3 is 2.59 bits per heavy atom. The van der Waals surface area contributed by atoms with Crippen LogP contribution in [0.3, 0.4) is 0 Å². The number of amides is 1. The average molecular weight is 261 g/mol. The SMILES string of the molecule is CCN(CC)CCCNC(=O)[C@@H](N)CCSC. The maximum atomic E-state index is 11.6. The van der Waals surface area contributed by atoms with Crippen LogP contribution in [-0.2, 0) is 4.79 Å². The van der Waals surface area contributed by atoms with E-state index in [1.807, 2.05) is 6.26 Å². The van der Waals surface area contributed by atoms with Gasteiger partial charge in [0.15, 0.2) is 0 Å². The fraction of sp³-hybridized carbons (Fsp3) is 0.917. The number of carbonyl (C=O) groups excluding carboxylic acids is 1. The summed E-state index contributed by atoms with van der Waals surface area (Å²) in [6, 6.07) is -0.351. The first-order chi connectivity index (χ1) is 8.15. The second kappa shape index (κ2) is 10.9. The highest BCUT2D eigenvalue weighted by molar-refractivity contribution is 7.98. The number of nitrogens with zero attached hydrogens (tertiary/aromatic N) is 1. The Kier molecular flexibility index (Phi) is 10.7. The Bertz CT molecular complexity index is 198. The standard InChI is InChI=1S/C12H27N3OS/c1-4-15(5-2)9-6-8-14-12(16)11(13)7-10-17-3/h11H,4-10,13H2,1-3H3,(H,14,16)/t11-/m0/s1. The van der Waals surface area contributed by atoms with Gasteiger partial charge in [0.1, 0.15) is 0 Å². The van der Waals surface area contributed by atoms with Crippen molar-refractivity contribution in [2.45, 2.75) is 32.7 Å². The third-order valence-corrected chi connectivity index (χ3v) is 3.46. The molecule has 0 saturated carbocycles. The van der Waals surface area contributed by atoms with Crippen molar-refractivity contribution in [2.75, 3.05) is 38.2 Å². The predicted molar refractivity (Wildman–Crippen MR) is 76.4 cm³/mol. The lowest BCUT2D eigenvalue weighted by atomic mass is 10.2. The molecule has 5 heteroatoms. The summed E-state index contributed by atoms with van der Waals surface area (Å²) in [5.41, 5.74) is 5.76. The van der Waals surface area contributed by atoms with Crippen molar-refractivity contribution >= 4 is 17.7 Å². The molecule has 0 fully saturated rings. The molecule has 0 heterocycles. The maximum absolute atomic E-state index is 11.6. The smallest absolute Gasteiger partial charge is 0.236 e. The van der Waals surface area contributed by atoms with Gasteiger partial charge in [-0.25, -0.2) is 0 Å². The van der Waals surface area contributed by atoms with Gasteiger partial charge in [-0.2, -0.15) is 11.8 Å². The van der Waals surface area contributed by atoms with Crippen LogP contribution >= 0.6 is 11.8 Å². The third kappa shape index (κ3) is 8.46. The van der Waals surface area contributed by atoms with Gasteiger partial charge in [0.25, 0.3) is 0 Å². The van der Waals surface area contributed by atoms with E-state index in [4.69, 9.17) is 5.73 Å². The zero-order chi connectivity index (χ0) is 13.1. The van der Waals surface area contributed by atoms with E-state index in [1.54, 1.807) is 11.8 Å². The molecule has 1 atom stereocenters. The van der Waals surface area contributed by atoms with Gasteiger partial charge < -0.3 is 16.0 Å². The second-order valence-electron chi connectivity index (χ2n) is 4.06. The fourth-order valence-electron chi connectivity index (χ4n) is 1.56. The molecule has 0 spiro atoms. The van der Waals surface area contributed by atoms with Crippen molar-refractivity contribution in [3.05, 3.63) is 0 Å². The Balaban J connectivity index is 3.56. The molecular weight excluding hydrogens is 234 g/mol. The zero-order valence-electron chi connectivity index (χ0n) is 11.4. The normalized spacial score (nSPS) is 12.8. The number of rotatable bonds is 10. The molecule has 1 amide bonds. The molecule has 0 aliphatic heterocycles. The molecule has 0 aliphatic rings. The summed E-state index contributed by atoms with van der Waals surface area (Å²) in [6.45, 7) is 8.20. The van der Waals surface area contributed by atoms with Crippen LogP contribution in [-0.4, -0.2) is 55.0 Å². The minimum atomic E-state index is -0.351. The van der Waals surface area contributed by atoms with Gasteiger partial charge in [-0.05, 0) is 44.5 Å². The van der Waals surface area contributed by atoms with Crippen LogP contribution in [0.4, 0.5) is 0 Å². The number of hydrogen-bond acceptors (Lipinski definition) is 4. The van der Waals surface area contributed by atoms with Gasteiger partial charge >= 0.3 is 0 Å². The number of carbonyl (C=O) groups is 1. The zero-order valence-corrected chi connectivity index (χ0v) is 12.2. The number of thioether (sulfide) groups is 1. The number of nitrogens with two attached hydrogens (primary N) is 1. The van der Waals surface area contributed by atoms with Crippen molar-refractivity contribution in [2.24, 2.45) is 5.73 Å². The highest BCUT2D eigenvalue weighted by atomic mass is 32.2. The van der Waals surface area contributed by atoms with Gasteiger partial charge in [0.05, 0.1) is 6.04 Å². The molecule has 4 nitrogen and oxygen atoms in total. The monoisotopic (exact) mass is 261 g/mol. The van der Waals surface area contributed by atoms with Crippen LogP contribution in [0.5, 0.6) is 0 Å². The molecule has 0 aromatic heterocycles. The third-order valence-electron chi connectivity index (χ3n) is 2.81. The van der Waals surface area contributed by atoms with Gasteiger partial charge in [0.2, 0.25) is 5.91 Å². The maximum Gasteiger partial charge on any atom is 0.236 e. The summed E-state index contributed by atoms with van der Waals surface area (Å²) in [6.07, 6.45) is 3.76. The van der Waals surface area contributed by atoms with Crippen molar-refractivity contribution in [1.82, 2.24) is 10.2 Å². The lowest BCUT2D eigenvalue weighted by Gasteiger charge is -2.18. The lowest BCUT2D eigenvalue weighted by Crippen LogP contribution is -2.41. The molecule has 3 N–H and O–H groups in total. The first kappa shape index (κ1) is 16.7. The summed E-state index contributed by atoms with van der Waals surface area (Å²) >= 11 is 1.72. The average Bonchev–Trinajstić information content (AvgIpc) is 2.35. The topological polar surface area (TPSA) is 58.4 Å². The molecule has 0 aromatic rings. The van der Waals surface area contributed by atoms with Crippen LogP contribution in [0.25, 0.3) is 0 Å². The molecule has 0 saturated heterocycles. The van der Waals surface area contributed by atoms with E-state index in [0.29, 0.717) is 0 Å². The van der Waals surface area contributed by atoms with Crippen molar-refractivity contribution < 1.29 is 4.79 Å². The summed E-state index contributed by atoms with van der Waals surface area (Å²) in [5.74, 6) is 0.923. The van der Waals surface area contributed by atoms with E-state index in [2.05, 4.69) is 24.1 Å². The van der Waals surface area contributed by atoms with Crippen molar-refractivity contribution in [1.29, 1.82) is 0 Å². The van der Waals surface area contributed by atoms with Gasteiger partial charge in [-0.1, -0.05) is 13.8 Å². The number of nitrogens with one attached hydrogen (secondary N) is 1. The van der Waals surface area contributed by atoms with Crippen LogP contribution in [0.15, 0.2) is 0 Å². The van der Waals surface area contributed by atoms with Crippen molar-refractivity contribution in [3.63, 3.8) is 0 Å². The molecule has 102 valence electrons. The Morgan fingerprint density at radius 2 is 2.06 bits per heavy atom. The summed E-state index contributed by atoms with van der Waals surface area (Å²) in [7, 11) is 0. The van der Waals surface area contributed by atoms with E-state index in [9.17, 15) is 4.79 Å². The molecule has 0 radical (unpaired) electrons. The first-order valence-corrected chi connectivity index (χ1v) is 7.79. The van der Waals surface area contributed by atoms with Crippen LogP contribution in [0.1, 0.15) is 26.7 Å². The highest BCUT2D eigenvalue weighted by Crippen LogP contribution is 1.98. The lowest BCUT2D eigenvalue weighted by molar-refractivity contribution is -0.122. The quantitative estimate of drug-likeness (QED) is 0.574. The van der Waals surface area contributed by atoms with Crippen molar-refractivity contribution in [3.8, 4) is 0 Å². The highest BCUT2D eigenvalue weighted by Gasteiger charge is 2.11. The summed E-state index contributed by atoms with van der Waals surface area (Å²) in [4.78, 5) is 13.9. The molecular formula is C12H27N3OS. The van der Waals surface area contributed by atoms with Gasteiger partial charge in [-0.15, -0.1) is 0 Å². The fourth-order valence-corrected chi connectivity index (χ4v) is 2.05. The minimum absolute atomic E-state index is 0.0152. The van der Waals surface area contributed by atoms with Crippen LogP contribution in [0, 0.1) is 0 Å². The van der Waals surface area contributed by atoms with E-state index in [0.717, 1.165) is 44.8 Å². The minimum Gasteiger partial charge on any atom is -0.355 e. The van der Waals surface area contributed by atoms with E-state index >= 15 is 0 Å².